The summed E-state index contributed by atoms with van der Waals surface area (Å²) in [7, 11) is 0. The van der Waals surface area contributed by atoms with E-state index in [0.717, 1.165) is 18.5 Å². The molecular formula is C19H31N. The van der Waals surface area contributed by atoms with Gasteiger partial charge in [-0.1, -0.05) is 65.3 Å². The standard InChI is InChI=1S/C19H31N/c1-7-8-9-15(6)10-16-11-17(13(2)3)19(20)18(12-16)14(4)5/h11-14H,6-10,20H2,1-5H3. The van der Waals surface area contributed by atoms with Crippen molar-refractivity contribution in [3.63, 3.8) is 0 Å². The first-order valence-electron chi connectivity index (χ1n) is 7.95. The lowest BCUT2D eigenvalue weighted by atomic mass is 9.88. The molecule has 0 heterocycles. The van der Waals surface area contributed by atoms with Crippen LogP contribution in [0.5, 0.6) is 0 Å². The van der Waals surface area contributed by atoms with Crippen LogP contribution in [0.15, 0.2) is 24.3 Å². The van der Waals surface area contributed by atoms with Crippen molar-refractivity contribution in [1.29, 1.82) is 0 Å². The van der Waals surface area contributed by atoms with Crippen molar-refractivity contribution in [2.24, 2.45) is 0 Å². The monoisotopic (exact) mass is 273 g/mol. The lowest BCUT2D eigenvalue weighted by Crippen LogP contribution is -2.05. The van der Waals surface area contributed by atoms with Crippen molar-refractivity contribution in [2.45, 2.75) is 72.1 Å². The zero-order valence-corrected chi connectivity index (χ0v) is 13.9. The molecule has 1 aromatic rings. The molecule has 0 fully saturated rings. The van der Waals surface area contributed by atoms with E-state index in [1.165, 1.54) is 35.1 Å². The van der Waals surface area contributed by atoms with E-state index in [9.17, 15) is 0 Å². The molecule has 0 atom stereocenters. The lowest BCUT2D eigenvalue weighted by molar-refractivity contribution is 0.772. The van der Waals surface area contributed by atoms with Crippen molar-refractivity contribution in [3.8, 4) is 0 Å². The van der Waals surface area contributed by atoms with Gasteiger partial charge in [-0.3, -0.25) is 0 Å². The van der Waals surface area contributed by atoms with Crippen LogP contribution >= 0.6 is 0 Å². The van der Waals surface area contributed by atoms with Crippen LogP contribution in [0.3, 0.4) is 0 Å². The summed E-state index contributed by atoms with van der Waals surface area (Å²) < 4.78 is 0. The molecule has 0 aliphatic heterocycles. The van der Waals surface area contributed by atoms with Gasteiger partial charge in [0.25, 0.3) is 0 Å². The number of rotatable bonds is 7. The van der Waals surface area contributed by atoms with Crippen LogP contribution < -0.4 is 5.73 Å². The van der Waals surface area contributed by atoms with Gasteiger partial charge in [-0.25, -0.2) is 0 Å². The zero-order valence-electron chi connectivity index (χ0n) is 13.9. The molecule has 2 N–H and O–H groups in total. The maximum Gasteiger partial charge on any atom is 0.0384 e. The van der Waals surface area contributed by atoms with Gasteiger partial charge in [0, 0.05) is 5.69 Å². The van der Waals surface area contributed by atoms with Crippen molar-refractivity contribution in [1.82, 2.24) is 0 Å². The Morgan fingerprint density at radius 1 is 1.10 bits per heavy atom. The van der Waals surface area contributed by atoms with E-state index in [1.54, 1.807) is 0 Å². The molecule has 1 heteroatoms. The van der Waals surface area contributed by atoms with Crippen molar-refractivity contribution < 1.29 is 0 Å². The van der Waals surface area contributed by atoms with Crippen molar-refractivity contribution in [3.05, 3.63) is 41.0 Å². The fourth-order valence-electron chi connectivity index (χ4n) is 2.62. The topological polar surface area (TPSA) is 26.0 Å². The van der Waals surface area contributed by atoms with Gasteiger partial charge >= 0.3 is 0 Å². The molecule has 0 radical (unpaired) electrons. The Kier molecular flexibility index (Phi) is 6.32. The molecule has 0 bridgehead atoms. The fourth-order valence-corrected chi connectivity index (χ4v) is 2.62. The lowest BCUT2D eigenvalue weighted by Gasteiger charge is -2.19. The van der Waals surface area contributed by atoms with Gasteiger partial charge in [0.2, 0.25) is 0 Å². The first kappa shape index (κ1) is 16.8. The Balaban J connectivity index is 3.05. The summed E-state index contributed by atoms with van der Waals surface area (Å²) in [6.07, 6.45) is 4.59. The molecule has 1 aromatic carbocycles. The number of unbranched alkanes of at least 4 members (excludes halogenated alkanes) is 1. The van der Waals surface area contributed by atoms with Crippen LogP contribution in [-0.4, -0.2) is 0 Å². The Hall–Kier alpha value is -1.24. The van der Waals surface area contributed by atoms with Crippen LogP contribution in [-0.2, 0) is 6.42 Å². The van der Waals surface area contributed by atoms with Crippen molar-refractivity contribution >= 4 is 5.69 Å². The highest BCUT2D eigenvalue weighted by Crippen LogP contribution is 2.32. The Morgan fingerprint density at radius 3 is 2.00 bits per heavy atom. The smallest absolute Gasteiger partial charge is 0.0384 e. The van der Waals surface area contributed by atoms with E-state index in [4.69, 9.17) is 5.73 Å². The molecule has 1 nitrogen and oxygen atoms in total. The molecular weight excluding hydrogens is 242 g/mol. The second-order valence-electron chi connectivity index (χ2n) is 6.53. The number of anilines is 1. The van der Waals surface area contributed by atoms with Gasteiger partial charge in [0.15, 0.2) is 0 Å². The molecule has 0 spiro atoms. The molecule has 0 aromatic heterocycles. The summed E-state index contributed by atoms with van der Waals surface area (Å²) >= 11 is 0. The summed E-state index contributed by atoms with van der Waals surface area (Å²) in [6.45, 7) is 15.3. The minimum absolute atomic E-state index is 0.469. The van der Waals surface area contributed by atoms with Gasteiger partial charge in [0.1, 0.15) is 0 Å². The maximum absolute atomic E-state index is 6.34. The largest absolute Gasteiger partial charge is 0.398 e. The first-order valence-corrected chi connectivity index (χ1v) is 7.95. The van der Waals surface area contributed by atoms with Crippen LogP contribution in [0.4, 0.5) is 5.69 Å². The average molecular weight is 273 g/mol. The molecule has 112 valence electrons. The molecule has 0 saturated heterocycles. The van der Waals surface area contributed by atoms with E-state index in [-0.39, 0.29) is 0 Å². The summed E-state index contributed by atoms with van der Waals surface area (Å²) in [4.78, 5) is 0. The minimum atomic E-state index is 0.469. The summed E-state index contributed by atoms with van der Waals surface area (Å²) in [5.74, 6) is 0.938. The Labute approximate surface area is 125 Å². The SMILES string of the molecule is C=C(CCCC)Cc1cc(C(C)C)c(N)c(C(C)C)c1. The fraction of sp³-hybridized carbons (Fsp3) is 0.579. The first-order chi connectivity index (χ1) is 9.36. The van der Waals surface area contributed by atoms with Gasteiger partial charge in [-0.05, 0) is 47.8 Å². The maximum atomic E-state index is 6.34. The molecule has 0 aliphatic carbocycles. The second-order valence-corrected chi connectivity index (χ2v) is 6.53. The van der Waals surface area contributed by atoms with Crippen LogP contribution in [0.25, 0.3) is 0 Å². The third kappa shape index (κ3) is 4.40. The molecule has 0 unspecified atom stereocenters. The van der Waals surface area contributed by atoms with Gasteiger partial charge in [0.05, 0.1) is 0 Å². The summed E-state index contributed by atoms with van der Waals surface area (Å²) in [6, 6.07) is 4.56. The normalized spacial score (nSPS) is 11.3. The van der Waals surface area contributed by atoms with E-state index in [2.05, 4.69) is 53.3 Å². The highest BCUT2D eigenvalue weighted by atomic mass is 14.6. The molecule has 1 rings (SSSR count). The van der Waals surface area contributed by atoms with Crippen LogP contribution in [0, 0.1) is 0 Å². The van der Waals surface area contributed by atoms with E-state index < -0.39 is 0 Å². The van der Waals surface area contributed by atoms with Gasteiger partial charge in [-0.2, -0.15) is 0 Å². The van der Waals surface area contributed by atoms with Gasteiger partial charge in [-0.15, -0.1) is 0 Å². The average Bonchev–Trinajstić information content (AvgIpc) is 2.37. The Morgan fingerprint density at radius 2 is 1.60 bits per heavy atom. The highest BCUT2D eigenvalue weighted by molar-refractivity contribution is 5.58. The highest BCUT2D eigenvalue weighted by Gasteiger charge is 2.13. The van der Waals surface area contributed by atoms with E-state index in [1.807, 2.05) is 0 Å². The predicted molar refractivity (Wildman–Crippen MR) is 91.4 cm³/mol. The molecule has 20 heavy (non-hydrogen) atoms. The number of nitrogens with two attached hydrogens (primary N) is 1. The Bertz CT molecular complexity index is 426. The van der Waals surface area contributed by atoms with Gasteiger partial charge < -0.3 is 5.73 Å². The number of allylic oxidation sites excluding steroid dienone is 1. The minimum Gasteiger partial charge on any atom is -0.398 e. The zero-order chi connectivity index (χ0) is 15.3. The quantitative estimate of drug-likeness (QED) is 0.493. The van der Waals surface area contributed by atoms with Crippen LogP contribution in [0.1, 0.15) is 82.4 Å². The third-order valence-corrected chi connectivity index (χ3v) is 3.89. The molecule has 0 aliphatic rings. The summed E-state index contributed by atoms with van der Waals surface area (Å²) in [5, 5.41) is 0. The molecule has 0 saturated carbocycles. The van der Waals surface area contributed by atoms with Crippen LogP contribution in [0.2, 0.25) is 0 Å². The second kappa shape index (κ2) is 7.52. The summed E-state index contributed by atoms with van der Waals surface area (Å²) in [5.41, 5.74) is 12.6. The predicted octanol–water partition coefficient (Wildman–Crippen LogP) is 5.80. The van der Waals surface area contributed by atoms with E-state index in [0.29, 0.717) is 11.8 Å². The molecule has 0 amide bonds. The van der Waals surface area contributed by atoms with Crippen molar-refractivity contribution in [2.75, 3.05) is 5.73 Å². The number of hydrogen-bond donors (Lipinski definition) is 1. The number of hydrogen-bond acceptors (Lipinski definition) is 1. The number of benzene rings is 1. The third-order valence-electron chi connectivity index (χ3n) is 3.89. The van der Waals surface area contributed by atoms with E-state index >= 15 is 0 Å². The number of nitrogen functional groups attached to an aromatic ring is 1.